The first kappa shape index (κ1) is 19.3. The number of likely N-dealkylation sites (N-methyl/N-ethyl adjacent to an activating group) is 1. The maximum atomic E-state index is 14.2. The van der Waals surface area contributed by atoms with Crippen molar-refractivity contribution < 1.29 is 22.7 Å². The van der Waals surface area contributed by atoms with E-state index in [1.807, 2.05) is 7.05 Å². The Labute approximate surface area is 153 Å². The van der Waals surface area contributed by atoms with Gasteiger partial charge in [0.15, 0.2) is 0 Å². The Balaban J connectivity index is 1.88. The summed E-state index contributed by atoms with van der Waals surface area (Å²) < 4.78 is 52.5. The van der Waals surface area contributed by atoms with Gasteiger partial charge in [0.2, 0.25) is 5.95 Å². The molecule has 1 saturated heterocycles. The summed E-state index contributed by atoms with van der Waals surface area (Å²) in [6, 6.07) is 0.927. The molecule has 0 unspecified atom stereocenters. The Hall–Kier alpha value is -2.49. The van der Waals surface area contributed by atoms with E-state index in [1.165, 1.54) is 6.92 Å². The fraction of sp³-hybridized carbons (Fsp3) is 0.471. The molecule has 2 heterocycles. The highest BCUT2D eigenvalue weighted by atomic mass is 19.4. The molecule has 3 rings (SSSR count). The fourth-order valence-electron chi connectivity index (χ4n) is 3.15. The van der Waals surface area contributed by atoms with Crippen LogP contribution in [0.25, 0.3) is 11.3 Å². The molecule has 1 aliphatic heterocycles. The van der Waals surface area contributed by atoms with Crippen molar-refractivity contribution in [3.05, 3.63) is 29.2 Å². The molecule has 27 heavy (non-hydrogen) atoms. The molecule has 0 saturated carbocycles. The van der Waals surface area contributed by atoms with Crippen LogP contribution in [0.4, 0.5) is 23.5 Å². The Morgan fingerprint density at radius 3 is 2.59 bits per heavy atom. The quantitative estimate of drug-likeness (QED) is 0.791. The van der Waals surface area contributed by atoms with Gasteiger partial charge in [-0.3, -0.25) is 0 Å². The first-order chi connectivity index (χ1) is 12.6. The summed E-state index contributed by atoms with van der Waals surface area (Å²) in [6.07, 6.45) is -2.79. The Morgan fingerprint density at radius 2 is 2.00 bits per heavy atom. The number of hydrogen-bond acceptors (Lipinski definition) is 6. The first-order valence-corrected chi connectivity index (χ1v) is 8.41. The van der Waals surface area contributed by atoms with Crippen molar-refractivity contribution in [2.24, 2.45) is 0 Å². The topological polar surface area (TPSA) is 74.2 Å². The number of hydrogen-bond donors (Lipinski definition) is 2. The van der Waals surface area contributed by atoms with Gasteiger partial charge in [0.05, 0.1) is 16.8 Å². The lowest BCUT2D eigenvalue weighted by Gasteiger charge is -2.30. The minimum absolute atomic E-state index is 0.106. The Bertz CT molecular complexity index is 820. The molecular formula is C17H19F4N5O. The summed E-state index contributed by atoms with van der Waals surface area (Å²) in [5.74, 6) is -1.85. The van der Waals surface area contributed by atoms with E-state index in [0.717, 1.165) is 25.9 Å². The van der Waals surface area contributed by atoms with E-state index in [-0.39, 0.29) is 23.4 Å². The molecule has 1 atom stereocenters. The van der Waals surface area contributed by atoms with Crippen LogP contribution in [-0.4, -0.2) is 51.4 Å². The molecule has 0 amide bonds. The number of alkyl halides is 3. The van der Waals surface area contributed by atoms with Crippen LogP contribution < -0.4 is 5.32 Å². The predicted octanol–water partition coefficient (Wildman–Crippen LogP) is 3.22. The molecule has 10 heteroatoms. The van der Waals surface area contributed by atoms with E-state index in [1.54, 1.807) is 0 Å². The van der Waals surface area contributed by atoms with Crippen LogP contribution in [0.1, 0.15) is 24.1 Å². The van der Waals surface area contributed by atoms with Crippen LogP contribution >= 0.6 is 0 Å². The largest absolute Gasteiger partial charge is 0.507 e. The van der Waals surface area contributed by atoms with Gasteiger partial charge in [-0.2, -0.15) is 13.2 Å². The summed E-state index contributed by atoms with van der Waals surface area (Å²) in [6.45, 7) is 3.36. The van der Waals surface area contributed by atoms with Gasteiger partial charge in [-0.1, -0.05) is 0 Å². The summed E-state index contributed by atoms with van der Waals surface area (Å²) in [5.41, 5.74) is -1.60. The monoisotopic (exact) mass is 385 g/mol. The fourth-order valence-corrected chi connectivity index (χ4v) is 3.15. The first-order valence-electron chi connectivity index (χ1n) is 8.41. The summed E-state index contributed by atoms with van der Waals surface area (Å²) in [5, 5.41) is 20.8. The molecule has 1 fully saturated rings. The number of halogens is 4. The lowest BCUT2D eigenvalue weighted by molar-refractivity contribution is -0.137. The van der Waals surface area contributed by atoms with Gasteiger partial charge in [0.25, 0.3) is 0 Å². The highest BCUT2D eigenvalue weighted by molar-refractivity contribution is 5.70. The Kier molecular flexibility index (Phi) is 5.18. The summed E-state index contributed by atoms with van der Waals surface area (Å²) >= 11 is 0. The zero-order chi connectivity index (χ0) is 19.8. The lowest BCUT2D eigenvalue weighted by Crippen LogP contribution is -2.40. The number of phenolic OH excluding ortho intramolecular Hbond substituents is 1. The minimum atomic E-state index is -4.77. The summed E-state index contributed by atoms with van der Waals surface area (Å²) in [7, 11) is 2.01. The third-order valence-electron chi connectivity index (χ3n) is 4.45. The van der Waals surface area contributed by atoms with Crippen LogP contribution in [0.5, 0.6) is 5.75 Å². The van der Waals surface area contributed by atoms with E-state index < -0.39 is 28.9 Å². The molecule has 2 aromatic rings. The SMILES string of the molecule is Cc1nc(N[C@@H]2CCCN(C)C2)nnc1-c1c(O)cc(C(F)(F)F)cc1F. The van der Waals surface area contributed by atoms with Crippen LogP contribution in [0.2, 0.25) is 0 Å². The number of nitrogens with zero attached hydrogens (tertiary/aromatic N) is 4. The number of phenols is 1. The number of rotatable bonds is 3. The maximum absolute atomic E-state index is 14.2. The highest BCUT2D eigenvalue weighted by Gasteiger charge is 2.33. The van der Waals surface area contributed by atoms with Crippen molar-refractivity contribution in [1.29, 1.82) is 0 Å². The maximum Gasteiger partial charge on any atom is 0.416 e. The van der Waals surface area contributed by atoms with Crippen molar-refractivity contribution in [2.75, 3.05) is 25.5 Å². The average molecular weight is 385 g/mol. The second-order valence-corrected chi connectivity index (χ2v) is 6.67. The van der Waals surface area contributed by atoms with Gasteiger partial charge in [0, 0.05) is 12.6 Å². The van der Waals surface area contributed by atoms with Gasteiger partial charge in [-0.25, -0.2) is 9.37 Å². The molecule has 1 aromatic carbocycles. The number of aromatic nitrogens is 3. The molecule has 0 bridgehead atoms. The van der Waals surface area contributed by atoms with E-state index in [4.69, 9.17) is 0 Å². The molecule has 0 spiro atoms. The van der Waals surface area contributed by atoms with Crippen LogP contribution in [-0.2, 0) is 6.18 Å². The third-order valence-corrected chi connectivity index (χ3v) is 4.45. The third kappa shape index (κ3) is 4.26. The van der Waals surface area contributed by atoms with Gasteiger partial charge < -0.3 is 15.3 Å². The van der Waals surface area contributed by atoms with Crippen molar-refractivity contribution in [3.63, 3.8) is 0 Å². The number of nitrogens with one attached hydrogen (secondary N) is 1. The van der Waals surface area contributed by atoms with Gasteiger partial charge in [0.1, 0.15) is 17.3 Å². The second-order valence-electron chi connectivity index (χ2n) is 6.67. The lowest BCUT2D eigenvalue weighted by atomic mass is 10.0. The number of piperidine rings is 1. The van der Waals surface area contributed by atoms with Crippen LogP contribution in [0.15, 0.2) is 12.1 Å². The molecule has 1 aliphatic rings. The second kappa shape index (κ2) is 7.26. The molecule has 1 aromatic heterocycles. The average Bonchev–Trinajstić information content (AvgIpc) is 2.55. The van der Waals surface area contributed by atoms with E-state index in [9.17, 15) is 22.7 Å². The minimum Gasteiger partial charge on any atom is -0.507 e. The molecule has 146 valence electrons. The number of anilines is 1. The van der Waals surface area contributed by atoms with Crippen molar-refractivity contribution in [3.8, 4) is 17.0 Å². The highest BCUT2D eigenvalue weighted by Crippen LogP contribution is 2.38. The van der Waals surface area contributed by atoms with Crippen molar-refractivity contribution >= 4 is 5.95 Å². The molecular weight excluding hydrogens is 366 g/mol. The zero-order valence-corrected chi connectivity index (χ0v) is 14.8. The van der Waals surface area contributed by atoms with E-state index >= 15 is 0 Å². The molecule has 0 radical (unpaired) electrons. The van der Waals surface area contributed by atoms with Crippen LogP contribution in [0, 0.1) is 12.7 Å². The normalized spacial score (nSPS) is 18.5. The van der Waals surface area contributed by atoms with E-state index in [0.29, 0.717) is 12.1 Å². The number of aryl methyl sites for hydroxylation is 1. The molecule has 6 nitrogen and oxygen atoms in total. The smallest absolute Gasteiger partial charge is 0.416 e. The number of benzene rings is 1. The molecule has 0 aliphatic carbocycles. The van der Waals surface area contributed by atoms with Gasteiger partial charge >= 0.3 is 6.18 Å². The van der Waals surface area contributed by atoms with Crippen LogP contribution in [0.3, 0.4) is 0 Å². The predicted molar refractivity (Wildman–Crippen MR) is 90.8 cm³/mol. The van der Waals surface area contributed by atoms with E-state index in [2.05, 4.69) is 25.4 Å². The van der Waals surface area contributed by atoms with Crippen molar-refractivity contribution in [1.82, 2.24) is 20.1 Å². The number of aromatic hydroxyl groups is 1. The standard InChI is InChI=1S/C17H19F4N5O/c1-9-15(14-12(18)6-10(7-13(14)27)17(19,20)21)24-25-16(22-9)23-11-4-3-5-26(2)8-11/h6-7,11,27H,3-5,8H2,1-2H3,(H,22,23,25)/t11-/m1/s1. The zero-order valence-electron chi connectivity index (χ0n) is 14.8. The Morgan fingerprint density at radius 1 is 1.26 bits per heavy atom. The van der Waals surface area contributed by atoms with Gasteiger partial charge in [-0.05, 0) is 45.5 Å². The number of likely N-dealkylation sites (tertiary alicyclic amines) is 1. The molecule has 2 N–H and O–H groups in total. The van der Waals surface area contributed by atoms with Gasteiger partial charge in [-0.15, -0.1) is 10.2 Å². The van der Waals surface area contributed by atoms with Crippen molar-refractivity contribution in [2.45, 2.75) is 32.0 Å². The summed E-state index contributed by atoms with van der Waals surface area (Å²) in [4.78, 5) is 6.39.